The highest BCUT2D eigenvalue weighted by Gasteiger charge is 2.30. The van der Waals surface area contributed by atoms with E-state index in [1.54, 1.807) is 11.0 Å². The number of rotatable bonds is 3. The van der Waals surface area contributed by atoms with Crippen LogP contribution in [-0.4, -0.2) is 22.3 Å². The summed E-state index contributed by atoms with van der Waals surface area (Å²) in [6.07, 6.45) is 0.684. The van der Waals surface area contributed by atoms with Crippen molar-refractivity contribution >= 4 is 39.4 Å². The molecule has 0 fully saturated rings. The molecular weight excluding hydrogens is 418 g/mol. The van der Waals surface area contributed by atoms with Gasteiger partial charge in [0.1, 0.15) is 5.82 Å². The number of halogens is 2. The number of aromatic nitrogens is 1. The minimum atomic E-state index is -0.333. The average molecular weight is 432 g/mol. The maximum atomic E-state index is 13.7. The van der Waals surface area contributed by atoms with Crippen LogP contribution in [0.15, 0.2) is 48.5 Å². The average Bonchev–Trinajstić information content (AvgIpc) is 2.93. The summed E-state index contributed by atoms with van der Waals surface area (Å²) in [5, 5.41) is 1.11. The molecule has 0 radical (unpaired) electrons. The van der Waals surface area contributed by atoms with Gasteiger partial charge in [0.2, 0.25) is 0 Å². The Balaban J connectivity index is 1.52. The Morgan fingerprint density at radius 1 is 1.12 bits per heavy atom. The van der Waals surface area contributed by atoms with Gasteiger partial charge in [-0.3, -0.25) is 9.78 Å². The van der Waals surface area contributed by atoms with Gasteiger partial charge in [0.15, 0.2) is 0 Å². The highest BCUT2D eigenvalue weighted by Crippen LogP contribution is 2.29. The summed E-state index contributed by atoms with van der Waals surface area (Å²) in [5.41, 5.74) is 3.33. The summed E-state index contributed by atoms with van der Waals surface area (Å²) >= 11 is 1.91. The van der Waals surface area contributed by atoms with Crippen molar-refractivity contribution in [2.24, 2.45) is 0 Å². The van der Waals surface area contributed by atoms with E-state index in [9.17, 15) is 9.18 Å². The van der Waals surface area contributed by atoms with Crippen molar-refractivity contribution in [3.8, 4) is 0 Å². The number of pyridine rings is 1. The Hall–Kier alpha value is -2.02. The lowest BCUT2D eigenvalue weighted by molar-refractivity contribution is 0.0779. The number of hydrogen-bond donors (Lipinski definition) is 0. The van der Waals surface area contributed by atoms with Gasteiger partial charge in [-0.15, -0.1) is 0 Å². The lowest BCUT2D eigenvalue weighted by Gasteiger charge is -2.15. The van der Waals surface area contributed by atoms with E-state index in [0.29, 0.717) is 28.6 Å². The molecule has 24 heavy (non-hydrogen) atoms. The number of amides is 1. The van der Waals surface area contributed by atoms with Gasteiger partial charge in [-0.2, -0.15) is 0 Å². The van der Waals surface area contributed by atoms with Gasteiger partial charge in [0, 0.05) is 30.6 Å². The van der Waals surface area contributed by atoms with E-state index < -0.39 is 0 Å². The van der Waals surface area contributed by atoms with Gasteiger partial charge in [-0.1, -0.05) is 30.3 Å². The third-order valence-electron chi connectivity index (χ3n) is 4.34. The molecule has 0 atom stereocenters. The van der Waals surface area contributed by atoms with Gasteiger partial charge in [-0.25, -0.2) is 4.39 Å². The Labute approximate surface area is 152 Å². The first-order valence-corrected chi connectivity index (χ1v) is 8.82. The van der Waals surface area contributed by atoms with Crippen molar-refractivity contribution < 1.29 is 9.18 Å². The zero-order chi connectivity index (χ0) is 16.7. The van der Waals surface area contributed by atoms with Crippen LogP contribution in [0, 0.1) is 9.39 Å². The molecule has 2 aromatic carbocycles. The van der Waals surface area contributed by atoms with E-state index in [-0.39, 0.29) is 11.7 Å². The monoisotopic (exact) mass is 432 g/mol. The topological polar surface area (TPSA) is 33.2 Å². The zero-order valence-electron chi connectivity index (χ0n) is 12.8. The van der Waals surface area contributed by atoms with E-state index in [2.05, 4.69) is 11.1 Å². The van der Waals surface area contributed by atoms with Gasteiger partial charge in [0.25, 0.3) is 5.91 Å². The molecule has 4 rings (SSSR count). The van der Waals surface area contributed by atoms with E-state index in [4.69, 9.17) is 0 Å². The molecule has 0 saturated heterocycles. The number of benzene rings is 2. The first kappa shape index (κ1) is 15.5. The smallest absolute Gasteiger partial charge is 0.255 e. The number of hydrogen-bond acceptors (Lipinski definition) is 2. The largest absolute Gasteiger partial charge is 0.334 e. The molecule has 3 aromatic rings. The lowest BCUT2D eigenvalue weighted by atomic mass is 10.1. The molecule has 0 aliphatic carbocycles. The Morgan fingerprint density at radius 3 is 2.83 bits per heavy atom. The van der Waals surface area contributed by atoms with Crippen molar-refractivity contribution in [2.45, 2.75) is 13.0 Å². The van der Waals surface area contributed by atoms with Gasteiger partial charge >= 0.3 is 0 Å². The van der Waals surface area contributed by atoms with E-state index in [0.717, 1.165) is 22.2 Å². The van der Waals surface area contributed by atoms with Crippen LogP contribution >= 0.6 is 22.6 Å². The number of fused-ring (bicyclic) bond motifs is 2. The highest BCUT2D eigenvalue weighted by molar-refractivity contribution is 14.1. The summed E-state index contributed by atoms with van der Waals surface area (Å²) in [7, 11) is 0. The summed E-state index contributed by atoms with van der Waals surface area (Å²) in [6, 6.07) is 15.2. The molecule has 1 aromatic heterocycles. The van der Waals surface area contributed by atoms with Crippen molar-refractivity contribution in [1.82, 2.24) is 9.88 Å². The molecule has 1 aliphatic rings. The van der Waals surface area contributed by atoms with E-state index in [1.165, 1.54) is 6.07 Å². The fourth-order valence-corrected chi connectivity index (χ4v) is 3.82. The third kappa shape index (κ3) is 2.66. The molecule has 0 unspecified atom stereocenters. The molecule has 0 spiro atoms. The molecule has 0 bridgehead atoms. The molecule has 1 aliphatic heterocycles. The third-order valence-corrected chi connectivity index (χ3v) is 5.39. The molecule has 3 nitrogen and oxygen atoms in total. The number of nitrogens with zero attached hydrogens (tertiary/aromatic N) is 2. The number of carbonyl (C=O) groups excluding carboxylic acids is 1. The Kier molecular flexibility index (Phi) is 3.96. The summed E-state index contributed by atoms with van der Waals surface area (Å²) < 4.78 is 14.1. The summed E-state index contributed by atoms with van der Waals surface area (Å²) in [6.45, 7) is 1.12. The first-order chi connectivity index (χ1) is 11.6. The maximum Gasteiger partial charge on any atom is 0.255 e. The molecule has 120 valence electrons. The molecule has 1 amide bonds. The van der Waals surface area contributed by atoms with Crippen LogP contribution in [0.5, 0.6) is 0 Å². The molecule has 2 heterocycles. The molecule has 0 N–H and O–H groups in total. The standard InChI is InChI=1S/C19H14FIN2O/c20-15-8-6-13-11-23(19(24)17(13)18(15)21)10-9-14-7-5-12-3-1-2-4-16(12)22-14/h1-8H,9-11H2. The van der Waals surface area contributed by atoms with Crippen LogP contribution in [-0.2, 0) is 13.0 Å². The Bertz CT molecular complexity index is 957. The van der Waals surface area contributed by atoms with Gasteiger partial charge in [0.05, 0.1) is 14.7 Å². The van der Waals surface area contributed by atoms with Crippen LogP contribution in [0.1, 0.15) is 21.6 Å². The highest BCUT2D eigenvalue weighted by atomic mass is 127. The SMILES string of the molecule is O=C1c2c(ccc(F)c2I)CN1CCc1ccc2ccccc2n1. The van der Waals surface area contributed by atoms with Gasteiger partial charge < -0.3 is 4.90 Å². The first-order valence-electron chi connectivity index (χ1n) is 7.74. The Morgan fingerprint density at radius 2 is 1.96 bits per heavy atom. The van der Waals surface area contributed by atoms with E-state index >= 15 is 0 Å². The predicted molar refractivity (Wildman–Crippen MR) is 99.3 cm³/mol. The maximum absolute atomic E-state index is 13.7. The quantitative estimate of drug-likeness (QED) is 0.582. The van der Waals surface area contributed by atoms with Crippen molar-refractivity contribution in [1.29, 1.82) is 0 Å². The number of para-hydroxylation sites is 1. The van der Waals surface area contributed by atoms with Crippen LogP contribution in [0.2, 0.25) is 0 Å². The molecule has 5 heteroatoms. The second kappa shape index (κ2) is 6.12. The predicted octanol–water partition coefficient (Wildman–Crippen LogP) is 4.18. The van der Waals surface area contributed by atoms with Crippen molar-refractivity contribution in [2.75, 3.05) is 6.54 Å². The summed E-state index contributed by atoms with van der Waals surface area (Å²) in [4.78, 5) is 18.9. The van der Waals surface area contributed by atoms with Crippen molar-refractivity contribution in [3.05, 3.63) is 74.7 Å². The minimum Gasteiger partial charge on any atom is -0.334 e. The fraction of sp³-hybridized carbons (Fsp3) is 0.158. The van der Waals surface area contributed by atoms with Crippen LogP contribution in [0.3, 0.4) is 0 Å². The lowest BCUT2D eigenvalue weighted by Crippen LogP contribution is -2.26. The van der Waals surface area contributed by atoms with Crippen LogP contribution in [0.4, 0.5) is 4.39 Å². The van der Waals surface area contributed by atoms with Crippen LogP contribution in [0.25, 0.3) is 10.9 Å². The zero-order valence-corrected chi connectivity index (χ0v) is 15.0. The molecular formula is C19H14FIN2O. The molecule has 0 saturated carbocycles. The van der Waals surface area contributed by atoms with E-state index in [1.807, 2.05) is 52.9 Å². The fourth-order valence-electron chi connectivity index (χ4n) is 3.07. The normalized spacial score (nSPS) is 13.6. The number of carbonyl (C=O) groups is 1. The second-order valence-corrected chi connectivity index (χ2v) is 6.95. The summed E-state index contributed by atoms with van der Waals surface area (Å²) in [5.74, 6) is -0.421. The minimum absolute atomic E-state index is 0.0883. The van der Waals surface area contributed by atoms with Crippen LogP contribution < -0.4 is 0 Å². The van der Waals surface area contributed by atoms with Gasteiger partial charge in [-0.05, 0) is 46.4 Å². The van der Waals surface area contributed by atoms with Crippen molar-refractivity contribution in [3.63, 3.8) is 0 Å². The second-order valence-electron chi connectivity index (χ2n) is 5.87.